The van der Waals surface area contributed by atoms with Gasteiger partial charge in [0.15, 0.2) is 0 Å². The number of hydrogen-bond donors (Lipinski definition) is 2. The highest BCUT2D eigenvalue weighted by atomic mass is 19.1. The topological polar surface area (TPSA) is 60.8 Å². The van der Waals surface area contributed by atoms with Crippen molar-refractivity contribution in [2.24, 2.45) is 0 Å². The summed E-state index contributed by atoms with van der Waals surface area (Å²) in [5.74, 6) is -1.59. The molecule has 13 heavy (non-hydrogen) atoms. The lowest BCUT2D eigenvalue weighted by Crippen LogP contribution is -2.46. The molecule has 1 aliphatic rings. The molecule has 0 amide bonds. The van der Waals surface area contributed by atoms with E-state index < -0.39 is 17.7 Å². The van der Waals surface area contributed by atoms with E-state index in [4.69, 9.17) is 5.11 Å². The average molecular weight is 191 g/mol. The maximum Gasteiger partial charge on any atom is 0.341 e. The summed E-state index contributed by atoms with van der Waals surface area (Å²) in [5, 5.41) is 18.1. The van der Waals surface area contributed by atoms with Crippen molar-refractivity contribution in [3.8, 4) is 0 Å². The van der Waals surface area contributed by atoms with Crippen molar-refractivity contribution in [3.05, 3.63) is 0 Å². The summed E-state index contributed by atoms with van der Waals surface area (Å²) in [4.78, 5) is 12.1. The van der Waals surface area contributed by atoms with E-state index in [2.05, 4.69) is 0 Å². The first-order valence-corrected chi connectivity index (χ1v) is 4.16. The third kappa shape index (κ3) is 1.81. The van der Waals surface area contributed by atoms with Crippen LogP contribution in [0, 0.1) is 0 Å². The number of hydrogen-bond acceptors (Lipinski definition) is 3. The standard InChI is InChI=1S/C8H14FNO3/c1-5-3-8(13,4-10(5)2)6(9)7(11)12/h5-6,13H,3-4H2,1-2H3,(H,11,12). The van der Waals surface area contributed by atoms with Gasteiger partial charge in [0.25, 0.3) is 0 Å². The molecule has 76 valence electrons. The first kappa shape index (κ1) is 10.4. The molecule has 1 fully saturated rings. The van der Waals surface area contributed by atoms with Gasteiger partial charge >= 0.3 is 5.97 Å². The van der Waals surface area contributed by atoms with Crippen molar-refractivity contribution in [3.63, 3.8) is 0 Å². The Kier molecular flexibility index (Phi) is 2.58. The van der Waals surface area contributed by atoms with Crippen LogP contribution in [0.25, 0.3) is 0 Å². The molecule has 4 nitrogen and oxygen atoms in total. The molecule has 0 aromatic carbocycles. The van der Waals surface area contributed by atoms with Crippen LogP contribution in [0.1, 0.15) is 13.3 Å². The first-order chi connectivity index (χ1) is 5.87. The van der Waals surface area contributed by atoms with Gasteiger partial charge in [-0.3, -0.25) is 0 Å². The van der Waals surface area contributed by atoms with Gasteiger partial charge in [-0.05, 0) is 20.4 Å². The number of aliphatic hydroxyl groups is 1. The van der Waals surface area contributed by atoms with Crippen LogP contribution in [0.3, 0.4) is 0 Å². The molecular weight excluding hydrogens is 177 g/mol. The summed E-state index contributed by atoms with van der Waals surface area (Å²) < 4.78 is 13.1. The number of carboxylic acid groups (broad SMARTS) is 1. The van der Waals surface area contributed by atoms with Crippen LogP contribution in [-0.4, -0.2) is 52.5 Å². The number of halogens is 1. The van der Waals surface area contributed by atoms with Crippen LogP contribution in [0.4, 0.5) is 4.39 Å². The highest BCUT2D eigenvalue weighted by molar-refractivity contribution is 5.74. The molecule has 0 radical (unpaired) electrons. The van der Waals surface area contributed by atoms with E-state index in [1.165, 1.54) is 0 Å². The van der Waals surface area contributed by atoms with Crippen molar-refractivity contribution in [1.82, 2.24) is 4.90 Å². The molecule has 0 aromatic heterocycles. The number of aliphatic carboxylic acids is 1. The molecule has 3 atom stereocenters. The van der Waals surface area contributed by atoms with E-state index in [9.17, 15) is 14.3 Å². The lowest BCUT2D eigenvalue weighted by molar-refractivity contribution is -0.153. The predicted molar refractivity (Wildman–Crippen MR) is 44.2 cm³/mol. The van der Waals surface area contributed by atoms with Crippen LogP contribution < -0.4 is 0 Å². The minimum absolute atomic E-state index is 0.0163. The molecule has 1 heterocycles. The second kappa shape index (κ2) is 3.23. The lowest BCUT2D eigenvalue weighted by atomic mass is 9.95. The third-order valence-electron chi connectivity index (χ3n) is 2.61. The maximum atomic E-state index is 13.1. The number of likely N-dealkylation sites (tertiary alicyclic amines) is 1. The molecule has 2 N–H and O–H groups in total. The molecule has 0 bridgehead atoms. The minimum Gasteiger partial charge on any atom is -0.479 e. The fourth-order valence-corrected chi connectivity index (χ4v) is 1.73. The summed E-state index contributed by atoms with van der Waals surface area (Å²) in [6, 6.07) is 0.0163. The molecule has 1 saturated heterocycles. The van der Waals surface area contributed by atoms with E-state index in [0.29, 0.717) is 0 Å². The molecule has 1 aliphatic heterocycles. The van der Waals surface area contributed by atoms with Crippen molar-refractivity contribution in [2.75, 3.05) is 13.6 Å². The summed E-state index contributed by atoms with van der Waals surface area (Å²) >= 11 is 0. The Morgan fingerprint density at radius 3 is 2.62 bits per heavy atom. The van der Waals surface area contributed by atoms with Gasteiger partial charge in [0.1, 0.15) is 5.60 Å². The Balaban J connectivity index is 2.74. The predicted octanol–water partition coefficient (Wildman–Crippen LogP) is -0.136. The highest BCUT2D eigenvalue weighted by Crippen LogP contribution is 2.30. The minimum atomic E-state index is -2.19. The fourth-order valence-electron chi connectivity index (χ4n) is 1.73. The van der Waals surface area contributed by atoms with Crippen LogP contribution in [0.15, 0.2) is 0 Å². The maximum absolute atomic E-state index is 13.1. The Hall–Kier alpha value is -0.680. The summed E-state index contributed by atoms with van der Waals surface area (Å²) in [5.41, 5.74) is -1.72. The second-order valence-corrected chi connectivity index (χ2v) is 3.77. The summed E-state index contributed by atoms with van der Waals surface area (Å²) in [6.45, 7) is 1.90. The van der Waals surface area contributed by atoms with Crippen molar-refractivity contribution >= 4 is 5.97 Å². The van der Waals surface area contributed by atoms with E-state index in [1.807, 2.05) is 6.92 Å². The summed E-state index contributed by atoms with van der Waals surface area (Å²) in [7, 11) is 1.73. The van der Waals surface area contributed by atoms with E-state index in [1.54, 1.807) is 11.9 Å². The molecule has 0 spiro atoms. The number of likely N-dealkylation sites (N-methyl/N-ethyl adjacent to an activating group) is 1. The largest absolute Gasteiger partial charge is 0.479 e. The smallest absolute Gasteiger partial charge is 0.341 e. The molecule has 0 saturated carbocycles. The van der Waals surface area contributed by atoms with Crippen molar-refractivity contribution < 1.29 is 19.4 Å². The first-order valence-electron chi connectivity index (χ1n) is 4.16. The zero-order chi connectivity index (χ0) is 10.2. The van der Waals surface area contributed by atoms with Gasteiger partial charge in [-0.15, -0.1) is 0 Å². The van der Waals surface area contributed by atoms with Gasteiger partial charge in [0, 0.05) is 12.6 Å². The van der Waals surface area contributed by atoms with Crippen molar-refractivity contribution in [1.29, 1.82) is 0 Å². The van der Waals surface area contributed by atoms with Crippen LogP contribution in [-0.2, 0) is 4.79 Å². The number of β-amino-alcohol motifs (C(OH)–C–C–N with tert-alkyl or cyclic N) is 1. The van der Waals surface area contributed by atoms with Gasteiger partial charge in [-0.1, -0.05) is 0 Å². The lowest BCUT2D eigenvalue weighted by Gasteiger charge is -2.23. The molecule has 1 rings (SSSR count). The zero-order valence-corrected chi connectivity index (χ0v) is 7.70. The highest BCUT2D eigenvalue weighted by Gasteiger charge is 2.48. The Labute approximate surface area is 76.0 Å². The van der Waals surface area contributed by atoms with Gasteiger partial charge in [0.05, 0.1) is 0 Å². The SMILES string of the molecule is CC1CC(O)(C(F)C(=O)O)CN1C. The monoisotopic (exact) mass is 191 g/mol. The number of alkyl halides is 1. The third-order valence-corrected chi connectivity index (χ3v) is 2.61. The second-order valence-electron chi connectivity index (χ2n) is 3.77. The zero-order valence-electron chi connectivity index (χ0n) is 7.70. The number of carbonyl (C=O) groups is 1. The van der Waals surface area contributed by atoms with Gasteiger partial charge in [-0.25, -0.2) is 9.18 Å². The molecule has 3 unspecified atom stereocenters. The van der Waals surface area contributed by atoms with Gasteiger partial charge in [-0.2, -0.15) is 0 Å². The van der Waals surface area contributed by atoms with Gasteiger partial charge in [0.2, 0.25) is 6.17 Å². The van der Waals surface area contributed by atoms with Gasteiger partial charge < -0.3 is 15.1 Å². The Morgan fingerprint density at radius 1 is 1.77 bits per heavy atom. The molecular formula is C8H14FNO3. The van der Waals surface area contributed by atoms with Crippen molar-refractivity contribution in [2.45, 2.75) is 31.2 Å². The normalized spacial score (nSPS) is 37.7. The quantitative estimate of drug-likeness (QED) is 0.638. The molecule has 0 aliphatic carbocycles. The Morgan fingerprint density at radius 2 is 2.31 bits per heavy atom. The Bertz CT molecular complexity index is 211. The number of rotatable bonds is 2. The van der Waals surface area contributed by atoms with E-state index in [0.717, 1.165) is 0 Å². The van der Waals surface area contributed by atoms with E-state index in [-0.39, 0.29) is 19.0 Å². The van der Waals surface area contributed by atoms with E-state index >= 15 is 0 Å². The van der Waals surface area contributed by atoms with Crippen LogP contribution in [0.5, 0.6) is 0 Å². The number of carboxylic acids is 1. The van der Waals surface area contributed by atoms with Crippen LogP contribution >= 0.6 is 0 Å². The average Bonchev–Trinajstić information content (AvgIpc) is 2.26. The fraction of sp³-hybridized carbons (Fsp3) is 0.875. The number of nitrogens with zero attached hydrogens (tertiary/aromatic N) is 1. The molecule has 5 heteroatoms. The summed E-state index contributed by atoms with van der Waals surface area (Å²) in [6.07, 6.45) is -2.03. The van der Waals surface area contributed by atoms with Crippen LogP contribution in [0.2, 0.25) is 0 Å². The molecule has 0 aromatic rings.